The predicted molar refractivity (Wildman–Crippen MR) is 75.4 cm³/mol. The summed E-state index contributed by atoms with van der Waals surface area (Å²) in [7, 11) is 1.77. The van der Waals surface area contributed by atoms with Crippen LogP contribution in [0.1, 0.15) is 18.4 Å². The molecule has 6 heteroatoms. The van der Waals surface area contributed by atoms with Gasteiger partial charge in [-0.3, -0.25) is 4.79 Å². The molecule has 0 saturated carbocycles. The smallest absolute Gasteiger partial charge is 0.387 e. The fourth-order valence-corrected chi connectivity index (χ4v) is 2.55. The van der Waals surface area contributed by atoms with Gasteiger partial charge in [0.25, 0.3) is 0 Å². The van der Waals surface area contributed by atoms with Crippen LogP contribution < -0.4 is 10.1 Å². The van der Waals surface area contributed by atoms with Crippen molar-refractivity contribution in [2.75, 3.05) is 20.1 Å². The van der Waals surface area contributed by atoms with E-state index in [1.807, 2.05) is 0 Å². The second-order valence-corrected chi connectivity index (χ2v) is 5.15. The molecular weight excluding hydrogens is 278 g/mol. The lowest BCUT2D eigenvalue weighted by molar-refractivity contribution is -0.131. The Morgan fingerprint density at radius 2 is 2.05 bits per heavy atom. The number of likely N-dealkylation sites (N-methyl/N-ethyl adjacent to an activating group) is 1. The number of rotatable bonds is 5. The number of halogens is 2. The SMILES string of the molecule is CN(C(=O)Cc1ccccc1OC(F)F)C1CCNCC1. The molecule has 1 N–H and O–H groups in total. The number of nitrogens with zero attached hydrogens (tertiary/aromatic N) is 1. The molecule has 0 bridgehead atoms. The summed E-state index contributed by atoms with van der Waals surface area (Å²) in [6, 6.07) is 6.64. The van der Waals surface area contributed by atoms with Gasteiger partial charge in [-0.2, -0.15) is 8.78 Å². The Balaban J connectivity index is 2.01. The molecule has 0 radical (unpaired) electrons. The lowest BCUT2D eigenvalue weighted by atomic mass is 10.0. The van der Waals surface area contributed by atoms with Crippen LogP contribution >= 0.6 is 0 Å². The Morgan fingerprint density at radius 1 is 1.38 bits per heavy atom. The highest BCUT2D eigenvalue weighted by molar-refractivity contribution is 5.79. The Bertz CT molecular complexity index is 476. The standard InChI is InChI=1S/C15H20F2N2O2/c1-19(12-6-8-18-9-7-12)14(20)10-11-4-2-3-5-13(11)21-15(16)17/h2-5,12,15,18H,6-10H2,1H3. The summed E-state index contributed by atoms with van der Waals surface area (Å²) in [5, 5.41) is 3.25. The lowest BCUT2D eigenvalue weighted by Crippen LogP contribution is -2.44. The van der Waals surface area contributed by atoms with Crippen molar-refractivity contribution in [3.05, 3.63) is 29.8 Å². The summed E-state index contributed by atoms with van der Waals surface area (Å²) >= 11 is 0. The molecular formula is C15H20F2N2O2. The molecule has 1 saturated heterocycles. The molecule has 0 atom stereocenters. The Morgan fingerprint density at radius 3 is 2.71 bits per heavy atom. The predicted octanol–water partition coefficient (Wildman–Crippen LogP) is 2.04. The number of carbonyl (C=O) groups is 1. The number of piperidine rings is 1. The maximum absolute atomic E-state index is 12.4. The van der Waals surface area contributed by atoms with Gasteiger partial charge in [-0.25, -0.2) is 0 Å². The van der Waals surface area contributed by atoms with E-state index in [2.05, 4.69) is 10.1 Å². The van der Waals surface area contributed by atoms with Crippen LogP contribution in [-0.2, 0) is 11.2 Å². The van der Waals surface area contributed by atoms with E-state index in [-0.39, 0.29) is 24.1 Å². The number of hydrogen-bond acceptors (Lipinski definition) is 3. The zero-order valence-electron chi connectivity index (χ0n) is 12.0. The van der Waals surface area contributed by atoms with Gasteiger partial charge in [0, 0.05) is 18.7 Å². The summed E-state index contributed by atoms with van der Waals surface area (Å²) in [6.07, 6.45) is 1.90. The van der Waals surface area contributed by atoms with Crippen LogP contribution in [-0.4, -0.2) is 43.6 Å². The van der Waals surface area contributed by atoms with Crippen molar-refractivity contribution in [1.82, 2.24) is 10.2 Å². The van der Waals surface area contributed by atoms with Crippen LogP contribution in [0.25, 0.3) is 0 Å². The van der Waals surface area contributed by atoms with Crippen molar-refractivity contribution in [3.8, 4) is 5.75 Å². The Hall–Kier alpha value is -1.69. The molecule has 1 aliphatic heterocycles. The minimum absolute atomic E-state index is 0.0690. The van der Waals surface area contributed by atoms with Gasteiger partial charge in [-0.1, -0.05) is 18.2 Å². The number of benzene rings is 1. The zero-order valence-corrected chi connectivity index (χ0v) is 12.0. The number of amides is 1. The largest absolute Gasteiger partial charge is 0.435 e. The second kappa shape index (κ2) is 7.36. The molecule has 0 unspecified atom stereocenters. The van der Waals surface area contributed by atoms with E-state index in [1.165, 1.54) is 6.07 Å². The minimum atomic E-state index is -2.89. The summed E-state index contributed by atoms with van der Waals surface area (Å²) in [4.78, 5) is 14.0. The third kappa shape index (κ3) is 4.39. The third-order valence-electron chi connectivity index (χ3n) is 3.78. The van der Waals surface area contributed by atoms with Crippen molar-refractivity contribution in [2.45, 2.75) is 31.9 Å². The van der Waals surface area contributed by atoms with Gasteiger partial charge in [0.1, 0.15) is 5.75 Å². The average Bonchev–Trinajstić information content (AvgIpc) is 2.49. The highest BCUT2D eigenvalue weighted by atomic mass is 19.3. The van der Waals surface area contributed by atoms with Gasteiger partial charge in [-0.05, 0) is 32.0 Å². The van der Waals surface area contributed by atoms with Gasteiger partial charge in [-0.15, -0.1) is 0 Å². The lowest BCUT2D eigenvalue weighted by Gasteiger charge is -2.31. The maximum atomic E-state index is 12.4. The number of nitrogens with one attached hydrogen (secondary N) is 1. The molecule has 1 aromatic carbocycles. The fraction of sp³-hybridized carbons (Fsp3) is 0.533. The monoisotopic (exact) mass is 298 g/mol. The third-order valence-corrected chi connectivity index (χ3v) is 3.78. The van der Waals surface area contributed by atoms with Crippen molar-refractivity contribution in [2.24, 2.45) is 0 Å². The van der Waals surface area contributed by atoms with Gasteiger partial charge < -0.3 is 15.0 Å². The molecule has 116 valence electrons. The quantitative estimate of drug-likeness (QED) is 0.904. The van der Waals surface area contributed by atoms with Gasteiger partial charge in [0.2, 0.25) is 5.91 Å². The number of alkyl halides is 2. The minimum Gasteiger partial charge on any atom is -0.435 e. The molecule has 1 aliphatic rings. The van der Waals surface area contributed by atoms with Crippen LogP contribution in [0.3, 0.4) is 0 Å². The number of carbonyl (C=O) groups excluding carboxylic acids is 1. The van der Waals surface area contributed by atoms with Crippen LogP contribution in [0.4, 0.5) is 8.78 Å². The first-order valence-corrected chi connectivity index (χ1v) is 7.07. The molecule has 0 spiro atoms. The highest BCUT2D eigenvalue weighted by Crippen LogP contribution is 2.22. The molecule has 21 heavy (non-hydrogen) atoms. The molecule has 1 amide bonds. The van der Waals surface area contributed by atoms with E-state index in [0.717, 1.165) is 25.9 Å². The van der Waals surface area contributed by atoms with E-state index in [4.69, 9.17) is 0 Å². The van der Waals surface area contributed by atoms with Crippen molar-refractivity contribution < 1.29 is 18.3 Å². The highest BCUT2D eigenvalue weighted by Gasteiger charge is 2.23. The summed E-state index contributed by atoms with van der Waals surface area (Å²) in [5.41, 5.74) is 0.489. The van der Waals surface area contributed by atoms with E-state index >= 15 is 0 Å². The Kier molecular flexibility index (Phi) is 5.50. The van der Waals surface area contributed by atoms with Crippen molar-refractivity contribution >= 4 is 5.91 Å². The average molecular weight is 298 g/mol. The van der Waals surface area contributed by atoms with E-state index in [1.54, 1.807) is 30.1 Å². The summed E-state index contributed by atoms with van der Waals surface area (Å²) < 4.78 is 29.2. The van der Waals surface area contributed by atoms with Crippen LogP contribution in [0.15, 0.2) is 24.3 Å². The van der Waals surface area contributed by atoms with Crippen molar-refractivity contribution in [1.29, 1.82) is 0 Å². The van der Waals surface area contributed by atoms with Crippen LogP contribution in [0.5, 0.6) is 5.75 Å². The van der Waals surface area contributed by atoms with Crippen molar-refractivity contribution in [3.63, 3.8) is 0 Å². The summed E-state index contributed by atoms with van der Waals surface area (Å²) in [5.74, 6) is -0.00761. The van der Waals surface area contributed by atoms with Gasteiger partial charge >= 0.3 is 6.61 Å². The molecule has 1 aromatic rings. The van der Waals surface area contributed by atoms with E-state index in [9.17, 15) is 13.6 Å². The van der Waals surface area contributed by atoms with E-state index in [0.29, 0.717) is 5.56 Å². The first kappa shape index (κ1) is 15.7. The number of para-hydroxylation sites is 1. The van der Waals surface area contributed by atoms with Gasteiger partial charge in [0.15, 0.2) is 0 Å². The van der Waals surface area contributed by atoms with E-state index < -0.39 is 6.61 Å². The number of ether oxygens (including phenoxy) is 1. The normalized spacial score (nSPS) is 16.0. The first-order valence-electron chi connectivity index (χ1n) is 7.07. The maximum Gasteiger partial charge on any atom is 0.387 e. The van der Waals surface area contributed by atoms with Crippen LogP contribution in [0, 0.1) is 0 Å². The molecule has 1 fully saturated rings. The first-order chi connectivity index (χ1) is 10.1. The molecule has 1 heterocycles. The number of hydrogen-bond donors (Lipinski definition) is 1. The van der Waals surface area contributed by atoms with Crippen LogP contribution in [0.2, 0.25) is 0 Å². The molecule has 0 aromatic heterocycles. The second-order valence-electron chi connectivity index (χ2n) is 5.15. The molecule has 4 nitrogen and oxygen atoms in total. The Labute approximate surface area is 123 Å². The molecule has 0 aliphatic carbocycles. The van der Waals surface area contributed by atoms with Gasteiger partial charge in [0.05, 0.1) is 6.42 Å². The zero-order chi connectivity index (χ0) is 15.2. The fourth-order valence-electron chi connectivity index (χ4n) is 2.55. The topological polar surface area (TPSA) is 41.6 Å². The molecule has 2 rings (SSSR count). The summed E-state index contributed by atoms with van der Waals surface area (Å²) in [6.45, 7) is -1.09.